The first-order valence-corrected chi connectivity index (χ1v) is 6.99. The van der Waals surface area contributed by atoms with Gasteiger partial charge in [0, 0.05) is 18.9 Å². The zero-order chi connectivity index (χ0) is 14.5. The smallest absolute Gasteiger partial charge is 0.174 e. The standard InChI is InChI=1S/C15H17BrN2O2/c1-10-4-12(9-17-7-10)18-8-11-5-13(16)15(20-3)14(6-11)19-2/h4-7,9,18H,8H2,1-3H3. The van der Waals surface area contributed by atoms with Crippen LogP contribution in [0.1, 0.15) is 11.1 Å². The number of rotatable bonds is 5. The molecule has 1 heterocycles. The number of anilines is 1. The van der Waals surface area contributed by atoms with Crippen LogP contribution in [0.25, 0.3) is 0 Å². The Balaban J connectivity index is 2.16. The van der Waals surface area contributed by atoms with E-state index in [1.54, 1.807) is 14.2 Å². The van der Waals surface area contributed by atoms with E-state index in [1.165, 1.54) is 0 Å². The van der Waals surface area contributed by atoms with Crippen LogP contribution in [0.5, 0.6) is 11.5 Å². The molecule has 0 aliphatic heterocycles. The van der Waals surface area contributed by atoms with E-state index in [0.29, 0.717) is 18.0 Å². The summed E-state index contributed by atoms with van der Waals surface area (Å²) in [5.41, 5.74) is 3.22. The first kappa shape index (κ1) is 14.7. The van der Waals surface area contributed by atoms with Gasteiger partial charge in [-0.2, -0.15) is 0 Å². The van der Waals surface area contributed by atoms with Crippen LogP contribution in [-0.4, -0.2) is 19.2 Å². The number of halogens is 1. The lowest BCUT2D eigenvalue weighted by molar-refractivity contribution is 0.352. The summed E-state index contributed by atoms with van der Waals surface area (Å²) >= 11 is 3.49. The Bertz CT molecular complexity index is 602. The number of benzene rings is 1. The molecule has 0 saturated carbocycles. The first-order chi connectivity index (χ1) is 9.63. The predicted molar refractivity (Wildman–Crippen MR) is 83.5 cm³/mol. The van der Waals surface area contributed by atoms with Crippen LogP contribution < -0.4 is 14.8 Å². The molecule has 1 aromatic carbocycles. The van der Waals surface area contributed by atoms with Gasteiger partial charge in [-0.3, -0.25) is 4.98 Å². The molecule has 0 aliphatic carbocycles. The highest BCUT2D eigenvalue weighted by Crippen LogP contribution is 2.36. The Kier molecular flexibility index (Phi) is 4.84. The number of nitrogens with zero attached hydrogens (tertiary/aromatic N) is 1. The largest absolute Gasteiger partial charge is 0.493 e. The number of hydrogen-bond donors (Lipinski definition) is 1. The number of hydrogen-bond acceptors (Lipinski definition) is 4. The summed E-state index contributed by atoms with van der Waals surface area (Å²) in [5.74, 6) is 1.41. The van der Waals surface area contributed by atoms with Gasteiger partial charge in [0.2, 0.25) is 0 Å². The minimum atomic E-state index is 0.685. The van der Waals surface area contributed by atoms with Crippen molar-refractivity contribution in [3.8, 4) is 11.5 Å². The highest BCUT2D eigenvalue weighted by molar-refractivity contribution is 9.10. The molecular formula is C15H17BrN2O2. The van der Waals surface area contributed by atoms with Gasteiger partial charge in [-0.25, -0.2) is 0 Å². The number of nitrogens with one attached hydrogen (secondary N) is 1. The van der Waals surface area contributed by atoms with E-state index < -0.39 is 0 Å². The topological polar surface area (TPSA) is 43.4 Å². The van der Waals surface area contributed by atoms with Crippen LogP contribution in [-0.2, 0) is 6.54 Å². The van der Waals surface area contributed by atoms with Crippen molar-refractivity contribution >= 4 is 21.6 Å². The molecule has 1 N–H and O–H groups in total. The fourth-order valence-electron chi connectivity index (χ4n) is 1.93. The van der Waals surface area contributed by atoms with E-state index in [2.05, 4.69) is 32.3 Å². The molecule has 2 aromatic rings. The number of methoxy groups -OCH3 is 2. The second kappa shape index (κ2) is 6.61. The Morgan fingerprint density at radius 1 is 1.15 bits per heavy atom. The van der Waals surface area contributed by atoms with Crippen LogP contribution in [0.3, 0.4) is 0 Å². The third kappa shape index (κ3) is 3.42. The van der Waals surface area contributed by atoms with Gasteiger partial charge >= 0.3 is 0 Å². The highest BCUT2D eigenvalue weighted by atomic mass is 79.9. The maximum Gasteiger partial charge on any atom is 0.174 e. The summed E-state index contributed by atoms with van der Waals surface area (Å²) in [5, 5.41) is 3.34. The Labute approximate surface area is 127 Å². The van der Waals surface area contributed by atoms with E-state index in [4.69, 9.17) is 9.47 Å². The average Bonchev–Trinajstić information content (AvgIpc) is 2.44. The van der Waals surface area contributed by atoms with Crippen molar-refractivity contribution in [3.05, 3.63) is 46.2 Å². The van der Waals surface area contributed by atoms with Crippen molar-refractivity contribution in [3.63, 3.8) is 0 Å². The minimum absolute atomic E-state index is 0.685. The van der Waals surface area contributed by atoms with Gasteiger partial charge in [-0.05, 0) is 52.2 Å². The summed E-state index contributed by atoms with van der Waals surface area (Å²) in [7, 11) is 3.25. The average molecular weight is 337 g/mol. The zero-order valence-electron chi connectivity index (χ0n) is 11.7. The molecule has 4 nitrogen and oxygen atoms in total. The molecule has 0 radical (unpaired) electrons. The van der Waals surface area contributed by atoms with E-state index >= 15 is 0 Å². The van der Waals surface area contributed by atoms with Crippen molar-refractivity contribution in [2.75, 3.05) is 19.5 Å². The molecule has 106 valence electrons. The predicted octanol–water partition coefficient (Wildman–Crippen LogP) is 3.78. The van der Waals surface area contributed by atoms with Gasteiger partial charge in [0.05, 0.1) is 24.4 Å². The fraction of sp³-hybridized carbons (Fsp3) is 0.267. The lowest BCUT2D eigenvalue weighted by Gasteiger charge is -2.13. The van der Waals surface area contributed by atoms with Crippen LogP contribution in [0, 0.1) is 6.92 Å². The lowest BCUT2D eigenvalue weighted by Crippen LogP contribution is -2.01. The molecule has 0 amide bonds. The molecule has 0 fully saturated rings. The van der Waals surface area contributed by atoms with Crippen LogP contribution in [0.15, 0.2) is 35.1 Å². The van der Waals surface area contributed by atoms with Crippen molar-refractivity contribution in [1.82, 2.24) is 4.98 Å². The third-order valence-corrected chi connectivity index (χ3v) is 3.45. The quantitative estimate of drug-likeness (QED) is 0.902. The van der Waals surface area contributed by atoms with E-state index in [0.717, 1.165) is 21.3 Å². The Hall–Kier alpha value is -1.75. The van der Waals surface area contributed by atoms with Crippen molar-refractivity contribution < 1.29 is 9.47 Å². The summed E-state index contributed by atoms with van der Waals surface area (Å²) in [6, 6.07) is 6.03. The molecule has 2 rings (SSSR count). The van der Waals surface area contributed by atoms with E-state index in [1.807, 2.05) is 31.5 Å². The summed E-state index contributed by atoms with van der Waals surface area (Å²) in [4.78, 5) is 4.16. The van der Waals surface area contributed by atoms with Crippen LogP contribution in [0.2, 0.25) is 0 Å². The summed E-state index contributed by atoms with van der Waals surface area (Å²) in [6.07, 6.45) is 3.64. The monoisotopic (exact) mass is 336 g/mol. The SMILES string of the molecule is COc1cc(CNc2cncc(C)c2)cc(Br)c1OC. The molecule has 0 unspecified atom stereocenters. The van der Waals surface area contributed by atoms with Gasteiger partial charge in [0.15, 0.2) is 11.5 Å². The second-order valence-electron chi connectivity index (χ2n) is 4.42. The molecular weight excluding hydrogens is 320 g/mol. The molecule has 1 aromatic heterocycles. The van der Waals surface area contributed by atoms with Crippen molar-refractivity contribution in [1.29, 1.82) is 0 Å². The molecule has 0 aliphatic rings. The fourth-order valence-corrected chi connectivity index (χ4v) is 2.58. The molecule has 0 atom stereocenters. The Morgan fingerprint density at radius 2 is 1.95 bits per heavy atom. The lowest BCUT2D eigenvalue weighted by atomic mass is 10.2. The van der Waals surface area contributed by atoms with Crippen molar-refractivity contribution in [2.45, 2.75) is 13.5 Å². The normalized spacial score (nSPS) is 10.2. The second-order valence-corrected chi connectivity index (χ2v) is 5.27. The number of ether oxygens (including phenoxy) is 2. The number of aromatic nitrogens is 1. The maximum absolute atomic E-state index is 5.33. The molecule has 5 heteroatoms. The molecule has 0 saturated heterocycles. The minimum Gasteiger partial charge on any atom is -0.493 e. The number of aryl methyl sites for hydroxylation is 1. The Morgan fingerprint density at radius 3 is 2.60 bits per heavy atom. The van der Waals surface area contributed by atoms with Crippen molar-refractivity contribution in [2.24, 2.45) is 0 Å². The zero-order valence-corrected chi connectivity index (χ0v) is 13.3. The highest BCUT2D eigenvalue weighted by Gasteiger charge is 2.10. The first-order valence-electron chi connectivity index (χ1n) is 6.20. The van der Waals surface area contributed by atoms with E-state index in [-0.39, 0.29) is 0 Å². The maximum atomic E-state index is 5.33. The van der Waals surface area contributed by atoms with Gasteiger partial charge < -0.3 is 14.8 Å². The molecule has 0 bridgehead atoms. The van der Waals surface area contributed by atoms with Gasteiger partial charge in [0.1, 0.15) is 0 Å². The number of pyridine rings is 1. The van der Waals surface area contributed by atoms with Gasteiger partial charge in [0.25, 0.3) is 0 Å². The van der Waals surface area contributed by atoms with Crippen LogP contribution in [0.4, 0.5) is 5.69 Å². The summed E-state index contributed by atoms with van der Waals surface area (Å²) in [6.45, 7) is 2.70. The van der Waals surface area contributed by atoms with Crippen LogP contribution >= 0.6 is 15.9 Å². The molecule has 20 heavy (non-hydrogen) atoms. The van der Waals surface area contributed by atoms with E-state index in [9.17, 15) is 0 Å². The van der Waals surface area contributed by atoms with Gasteiger partial charge in [-0.1, -0.05) is 0 Å². The summed E-state index contributed by atoms with van der Waals surface area (Å²) < 4.78 is 11.5. The third-order valence-electron chi connectivity index (χ3n) is 2.86. The molecule has 0 spiro atoms. The van der Waals surface area contributed by atoms with Gasteiger partial charge in [-0.15, -0.1) is 0 Å².